The molecule has 0 saturated heterocycles. The van der Waals surface area contributed by atoms with Crippen molar-refractivity contribution in [2.75, 3.05) is 13.3 Å². The number of carbonyl (C=O) groups excluding carboxylic acids is 1. The molecule has 1 saturated carbocycles. The first-order valence-electron chi connectivity index (χ1n) is 11.3. The van der Waals surface area contributed by atoms with Gasteiger partial charge in [-0.3, -0.25) is 9.69 Å². The van der Waals surface area contributed by atoms with Crippen molar-refractivity contribution >= 4 is 11.9 Å². The molecule has 2 heterocycles. The van der Waals surface area contributed by atoms with Crippen molar-refractivity contribution in [1.82, 2.24) is 4.90 Å². The summed E-state index contributed by atoms with van der Waals surface area (Å²) in [5.41, 5.74) is 3.39. The standard InChI is InChI=1S/C26H29NO4/c1-3-29-21-12-8-7-9-18(21)14-23-25(28)24-17(2)13-22-20(26(24)31-23)15-27(16-30-22)19-10-5-4-6-11-19/h7-9,12-14,19H,3-6,10-11,15-16H2,1-2H3/b23-14-. The van der Waals surface area contributed by atoms with Crippen LogP contribution in [0.5, 0.6) is 17.2 Å². The van der Waals surface area contributed by atoms with Crippen molar-refractivity contribution in [3.63, 3.8) is 0 Å². The van der Waals surface area contributed by atoms with Crippen LogP contribution in [0.4, 0.5) is 0 Å². The molecule has 1 fully saturated rings. The smallest absolute Gasteiger partial charge is 0.232 e. The summed E-state index contributed by atoms with van der Waals surface area (Å²) >= 11 is 0. The minimum absolute atomic E-state index is 0.0728. The van der Waals surface area contributed by atoms with Crippen molar-refractivity contribution in [1.29, 1.82) is 0 Å². The summed E-state index contributed by atoms with van der Waals surface area (Å²) in [6.45, 7) is 5.84. The fourth-order valence-corrected chi connectivity index (χ4v) is 4.96. The van der Waals surface area contributed by atoms with Gasteiger partial charge in [-0.15, -0.1) is 0 Å². The number of allylic oxidation sites excluding steroid dienone is 1. The number of Topliss-reactive ketones (excluding diaryl/α,β-unsaturated/α-hetero) is 1. The molecule has 0 bridgehead atoms. The summed E-state index contributed by atoms with van der Waals surface area (Å²) in [5.74, 6) is 2.52. The van der Waals surface area contributed by atoms with Crippen LogP contribution in [0.2, 0.25) is 0 Å². The van der Waals surface area contributed by atoms with E-state index in [1.165, 1.54) is 32.1 Å². The van der Waals surface area contributed by atoms with Crippen molar-refractivity contribution in [3.05, 3.63) is 58.3 Å². The number of carbonyl (C=O) groups is 1. The minimum atomic E-state index is -0.0728. The van der Waals surface area contributed by atoms with Crippen molar-refractivity contribution in [3.8, 4) is 17.2 Å². The maximum atomic E-state index is 13.3. The SMILES string of the molecule is CCOc1ccccc1/C=C1\Oc2c3c(cc(C)c2C1=O)OCN(C1CCCCC1)C3. The number of fused-ring (bicyclic) bond motifs is 3. The molecule has 2 aromatic carbocycles. The number of benzene rings is 2. The lowest BCUT2D eigenvalue weighted by molar-refractivity contribution is 0.0393. The Morgan fingerprint density at radius 3 is 2.81 bits per heavy atom. The maximum absolute atomic E-state index is 13.3. The normalized spacial score (nSPS) is 20.2. The van der Waals surface area contributed by atoms with Crippen LogP contribution in [0.15, 0.2) is 36.1 Å². The van der Waals surface area contributed by atoms with Gasteiger partial charge >= 0.3 is 0 Å². The highest BCUT2D eigenvalue weighted by Crippen LogP contribution is 2.45. The summed E-state index contributed by atoms with van der Waals surface area (Å²) in [5, 5.41) is 0. The Morgan fingerprint density at radius 2 is 2.00 bits per heavy atom. The van der Waals surface area contributed by atoms with E-state index in [0.29, 0.717) is 36.5 Å². The molecule has 0 radical (unpaired) electrons. The molecule has 3 aliphatic rings. The molecule has 0 spiro atoms. The van der Waals surface area contributed by atoms with Gasteiger partial charge in [-0.2, -0.15) is 0 Å². The highest BCUT2D eigenvalue weighted by Gasteiger charge is 2.36. The van der Waals surface area contributed by atoms with Crippen LogP contribution in [0, 0.1) is 6.92 Å². The molecule has 0 atom stereocenters. The number of para-hydroxylation sites is 1. The lowest BCUT2D eigenvalue weighted by Crippen LogP contribution is -2.41. The highest BCUT2D eigenvalue weighted by atomic mass is 16.5. The zero-order valence-electron chi connectivity index (χ0n) is 18.3. The van der Waals surface area contributed by atoms with Gasteiger partial charge in [-0.05, 0) is 50.5 Å². The van der Waals surface area contributed by atoms with Gasteiger partial charge in [-0.1, -0.05) is 37.5 Å². The average Bonchev–Trinajstić information content (AvgIpc) is 3.13. The minimum Gasteiger partial charge on any atom is -0.493 e. The molecule has 0 unspecified atom stereocenters. The number of ether oxygens (including phenoxy) is 3. The highest BCUT2D eigenvalue weighted by molar-refractivity contribution is 6.16. The number of rotatable bonds is 4. The van der Waals surface area contributed by atoms with Gasteiger partial charge in [0.2, 0.25) is 5.78 Å². The number of hydrogen-bond acceptors (Lipinski definition) is 5. The molecule has 0 amide bonds. The Bertz CT molecular complexity index is 1040. The Kier molecular flexibility index (Phi) is 5.45. The largest absolute Gasteiger partial charge is 0.493 e. The van der Waals surface area contributed by atoms with Crippen LogP contribution in [0.1, 0.15) is 66.1 Å². The van der Waals surface area contributed by atoms with Crippen LogP contribution in [0.25, 0.3) is 6.08 Å². The molecule has 5 nitrogen and oxygen atoms in total. The Hall–Kier alpha value is -2.79. The van der Waals surface area contributed by atoms with Crippen LogP contribution in [-0.2, 0) is 6.54 Å². The molecular weight excluding hydrogens is 390 g/mol. The lowest BCUT2D eigenvalue weighted by atomic mass is 9.93. The summed E-state index contributed by atoms with van der Waals surface area (Å²) in [6, 6.07) is 10.2. The molecule has 162 valence electrons. The fourth-order valence-electron chi connectivity index (χ4n) is 4.96. The predicted octanol–water partition coefficient (Wildman–Crippen LogP) is 5.49. The van der Waals surface area contributed by atoms with Crippen molar-refractivity contribution < 1.29 is 19.0 Å². The van der Waals surface area contributed by atoms with Gasteiger partial charge in [0.05, 0.1) is 17.7 Å². The molecule has 2 aromatic rings. The molecule has 5 rings (SSSR count). The van der Waals surface area contributed by atoms with Gasteiger partial charge in [0, 0.05) is 18.2 Å². The van der Waals surface area contributed by atoms with Gasteiger partial charge in [0.1, 0.15) is 24.0 Å². The second kappa shape index (κ2) is 8.39. The second-order valence-electron chi connectivity index (χ2n) is 8.60. The maximum Gasteiger partial charge on any atom is 0.232 e. The summed E-state index contributed by atoms with van der Waals surface area (Å²) in [7, 11) is 0. The van der Waals surface area contributed by atoms with E-state index in [4.69, 9.17) is 14.2 Å². The molecule has 0 aromatic heterocycles. The summed E-state index contributed by atoms with van der Waals surface area (Å²) < 4.78 is 18.1. The molecule has 5 heteroatoms. The van der Waals surface area contributed by atoms with Gasteiger partial charge in [0.15, 0.2) is 5.76 Å². The quantitative estimate of drug-likeness (QED) is 0.613. The molecule has 0 N–H and O–H groups in total. The summed E-state index contributed by atoms with van der Waals surface area (Å²) in [6.07, 6.45) is 8.10. The van der Waals surface area contributed by atoms with Gasteiger partial charge in [-0.25, -0.2) is 0 Å². The van der Waals surface area contributed by atoms with E-state index in [1.54, 1.807) is 6.08 Å². The zero-order valence-corrected chi connectivity index (χ0v) is 18.3. The van der Waals surface area contributed by atoms with Crippen molar-refractivity contribution in [2.24, 2.45) is 0 Å². The molecule has 31 heavy (non-hydrogen) atoms. The third-order valence-electron chi connectivity index (χ3n) is 6.55. The monoisotopic (exact) mass is 419 g/mol. The van der Waals surface area contributed by atoms with E-state index >= 15 is 0 Å². The van der Waals surface area contributed by atoms with Gasteiger partial charge in [0.25, 0.3) is 0 Å². The van der Waals surface area contributed by atoms with E-state index < -0.39 is 0 Å². The number of hydrogen-bond donors (Lipinski definition) is 0. The average molecular weight is 420 g/mol. The molecular formula is C26H29NO4. The van der Waals surface area contributed by atoms with Crippen LogP contribution >= 0.6 is 0 Å². The van der Waals surface area contributed by atoms with E-state index in [9.17, 15) is 4.79 Å². The van der Waals surface area contributed by atoms with E-state index in [-0.39, 0.29) is 5.78 Å². The third kappa shape index (κ3) is 3.72. The number of ketones is 1. The topological polar surface area (TPSA) is 48.0 Å². The van der Waals surface area contributed by atoms with Crippen LogP contribution < -0.4 is 14.2 Å². The first-order valence-corrected chi connectivity index (χ1v) is 11.3. The van der Waals surface area contributed by atoms with Crippen LogP contribution in [0.3, 0.4) is 0 Å². The van der Waals surface area contributed by atoms with E-state index in [2.05, 4.69) is 4.90 Å². The van der Waals surface area contributed by atoms with Gasteiger partial charge < -0.3 is 14.2 Å². The number of aryl methyl sites for hydroxylation is 1. The predicted molar refractivity (Wildman–Crippen MR) is 120 cm³/mol. The lowest BCUT2D eigenvalue weighted by Gasteiger charge is -2.37. The zero-order chi connectivity index (χ0) is 21.4. The van der Waals surface area contributed by atoms with E-state index in [1.807, 2.05) is 44.2 Å². The first kappa shape index (κ1) is 20.1. The summed E-state index contributed by atoms with van der Waals surface area (Å²) in [4.78, 5) is 15.7. The Labute approximate surface area is 183 Å². The number of nitrogens with zero attached hydrogens (tertiary/aromatic N) is 1. The first-order chi connectivity index (χ1) is 15.2. The van der Waals surface area contributed by atoms with E-state index in [0.717, 1.165) is 34.7 Å². The second-order valence-corrected chi connectivity index (χ2v) is 8.60. The Balaban J connectivity index is 1.49. The van der Waals surface area contributed by atoms with Crippen LogP contribution in [-0.4, -0.2) is 30.1 Å². The molecule has 1 aliphatic carbocycles. The Morgan fingerprint density at radius 1 is 1.19 bits per heavy atom. The molecule has 2 aliphatic heterocycles. The third-order valence-corrected chi connectivity index (χ3v) is 6.55. The van der Waals surface area contributed by atoms with Crippen molar-refractivity contribution in [2.45, 2.75) is 58.5 Å². The fraction of sp³-hybridized carbons (Fsp3) is 0.423.